The summed E-state index contributed by atoms with van der Waals surface area (Å²) in [5.41, 5.74) is 10.7. The van der Waals surface area contributed by atoms with Gasteiger partial charge in [0.2, 0.25) is 5.95 Å². The summed E-state index contributed by atoms with van der Waals surface area (Å²) in [5.74, 6) is 2.84. The molecule has 2 aliphatic carbocycles. The second kappa shape index (κ2) is 10.9. The van der Waals surface area contributed by atoms with Crippen molar-refractivity contribution in [3.63, 3.8) is 0 Å². The van der Waals surface area contributed by atoms with Crippen molar-refractivity contribution in [2.45, 2.75) is 25.7 Å². The molecule has 1 aliphatic heterocycles. The van der Waals surface area contributed by atoms with Crippen LogP contribution in [0.2, 0.25) is 0 Å². The molecule has 6 aromatic rings. The molecule has 6 heteroatoms. The van der Waals surface area contributed by atoms with Gasteiger partial charge in [0.1, 0.15) is 0 Å². The molecule has 4 aromatic carbocycles. The van der Waals surface area contributed by atoms with Gasteiger partial charge in [-0.2, -0.15) is 0 Å². The summed E-state index contributed by atoms with van der Waals surface area (Å²) >= 11 is 0. The second-order valence-corrected chi connectivity index (χ2v) is 11.7. The number of fused-ring (bicyclic) bond motifs is 7. The fourth-order valence-electron chi connectivity index (χ4n) is 6.77. The molecule has 0 bridgehead atoms. The molecule has 220 valence electrons. The minimum atomic E-state index is 0.653. The fourth-order valence-corrected chi connectivity index (χ4v) is 6.77. The Hall–Kier alpha value is -5.88. The van der Waals surface area contributed by atoms with E-state index in [2.05, 4.69) is 107 Å². The maximum Gasteiger partial charge on any atom is 0.220 e. The summed E-state index contributed by atoms with van der Waals surface area (Å²) in [6.45, 7) is 0. The van der Waals surface area contributed by atoms with Crippen LogP contribution in [0.15, 0.2) is 133 Å². The van der Waals surface area contributed by atoms with Crippen LogP contribution in [0.3, 0.4) is 0 Å². The number of imidazole rings is 1. The highest BCUT2D eigenvalue weighted by Crippen LogP contribution is 2.48. The molecule has 0 spiro atoms. The van der Waals surface area contributed by atoms with Gasteiger partial charge in [0, 0.05) is 27.8 Å². The van der Waals surface area contributed by atoms with E-state index in [-0.39, 0.29) is 0 Å². The van der Waals surface area contributed by atoms with E-state index in [1.807, 2.05) is 36.4 Å². The van der Waals surface area contributed by atoms with E-state index in [1.165, 1.54) is 5.56 Å². The lowest BCUT2D eigenvalue weighted by Crippen LogP contribution is -2.23. The van der Waals surface area contributed by atoms with E-state index in [4.69, 9.17) is 19.9 Å². The first-order chi connectivity index (χ1) is 22.8. The van der Waals surface area contributed by atoms with Crippen LogP contribution in [-0.4, -0.2) is 24.5 Å². The van der Waals surface area contributed by atoms with Crippen molar-refractivity contribution in [1.29, 1.82) is 0 Å². The lowest BCUT2D eigenvalue weighted by molar-refractivity contribution is 0.936. The van der Waals surface area contributed by atoms with Gasteiger partial charge in [-0.25, -0.2) is 19.9 Å². The predicted molar refractivity (Wildman–Crippen MR) is 184 cm³/mol. The summed E-state index contributed by atoms with van der Waals surface area (Å²) < 4.78 is 2.34. The van der Waals surface area contributed by atoms with Gasteiger partial charge in [-0.3, -0.25) is 9.47 Å². The highest BCUT2D eigenvalue weighted by atomic mass is 15.3. The minimum Gasteiger partial charge on any atom is -0.279 e. The van der Waals surface area contributed by atoms with Crippen LogP contribution in [0, 0.1) is 0 Å². The number of rotatable bonds is 4. The van der Waals surface area contributed by atoms with Crippen molar-refractivity contribution >= 4 is 23.3 Å². The Bertz CT molecular complexity index is 2150. The van der Waals surface area contributed by atoms with Gasteiger partial charge in [-0.1, -0.05) is 115 Å². The number of hydrogen-bond acceptors (Lipinski definition) is 5. The lowest BCUT2D eigenvalue weighted by atomic mass is 9.98. The number of allylic oxidation sites excluding steroid dienone is 4. The highest BCUT2D eigenvalue weighted by molar-refractivity contribution is 5.95. The van der Waals surface area contributed by atoms with Gasteiger partial charge in [-0.15, -0.1) is 0 Å². The fraction of sp³-hybridized carbons (Fsp3) is 0.100. The average molecular weight is 595 g/mol. The summed E-state index contributed by atoms with van der Waals surface area (Å²) in [6, 6.07) is 37.6. The van der Waals surface area contributed by atoms with Crippen LogP contribution in [0.1, 0.15) is 36.5 Å². The van der Waals surface area contributed by atoms with E-state index in [0.717, 1.165) is 82.4 Å². The molecule has 0 unspecified atom stereocenters. The quantitative estimate of drug-likeness (QED) is 0.204. The van der Waals surface area contributed by atoms with E-state index in [1.54, 1.807) is 0 Å². The van der Waals surface area contributed by atoms with Crippen LogP contribution in [-0.2, 0) is 6.42 Å². The largest absolute Gasteiger partial charge is 0.279 e. The van der Waals surface area contributed by atoms with E-state index < -0.39 is 0 Å². The third-order valence-corrected chi connectivity index (χ3v) is 8.89. The van der Waals surface area contributed by atoms with Crippen LogP contribution in [0.25, 0.3) is 51.2 Å². The van der Waals surface area contributed by atoms with Gasteiger partial charge in [0.05, 0.1) is 28.5 Å². The third-order valence-electron chi connectivity index (χ3n) is 8.89. The number of aryl methyl sites for hydroxylation is 1. The third kappa shape index (κ3) is 4.33. The molecule has 0 saturated heterocycles. The molecule has 0 atom stereocenters. The molecule has 0 amide bonds. The number of hydrogen-bond donors (Lipinski definition) is 0. The number of benzene rings is 4. The summed E-state index contributed by atoms with van der Waals surface area (Å²) in [4.78, 5) is 23.0. The lowest BCUT2D eigenvalue weighted by Gasteiger charge is -2.30. The Labute approximate surface area is 267 Å². The van der Waals surface area contributed by atoms with E-state index in [9.17, 15) is 0 Å². The molecule has 0 saturated carbocycles. The monoisotopic (exact) mass is 594 g/mol. The van der Waals surface area contributed by atoms with Crippen molar-refractivity contribution in [2.75, 3.05) is 4.90 Å². The first-order valence-corrected chi connectivity index (χ1v) is 15.9. The Kier molecular flexibility index (Phi) is 6.30. The van der Waals surface area contributed by atoms with Crippen molar-refractivity contribution in [3.05, 3.63) is 150 Å². The molecular weight excluding hydrogens is 564 g/mol. The molecule has 2 aromatic heterocycles. The van der Waals surface area contributed by atoms with Crippen LogP contribution >= 0.6 is 0 Å². The van der Waals surface area contributed by atoms with Gasteiger partial charge < -0.3 is 0 Å². The first kappa shape index (κ1) is 26.5. The zero-order valence-corrected chi connectivity index (χ0v) is 25.2. The average Bonchev–Trinajstić information content (AvgIpc) is 3.46. The molecule has 3 heterocycles. The summed E-state index contributed by atoms with van der Waals surface area (Å²) in [6.07, 6.45) is 12.8. The Balaban J connectivity index is 1.28. The maximum atomic E-state index is 5.38. The standard InChI is InChI=1S/C40H30N6/c1-3-15-27(16-4-1)37-42-38(28-17-5-2-6-18-28)44-39(43-37)31-21-9-13-25-35(31)45-33-23-11-7-19-29(33)30-20-8-12-24-34(30)46-36-26-14-10-22-32(36)41-40(45)46/h1-8,11-12,14-21,23-26H,9-10,13,22H2. The highest BCUT2D eigenvalue weighted by Gasteiger charge is 2.34. The van der Waals surface area contributed by atoms with Gasteiger partial charge >= 0.3 is 0 Å². The second-order valence-electron chi connectivity index (χ2n) is 11.7. The molecule has 46 heavy (non-hydrogen) atoms. The Morgan fingerprint density at radius 3 is 1.83 bits per heavy atom. The SMILES string of the molecule is C1=Cc2c(nc3n2-c2ccccc2-c2ccccc2N3C2=CCCC=C2c2nc(-c3ccccc3)nc(-c3ccccc3)n2)CC1. The van der Waals surface area contributed by atoms with Crippen molar-refractivity contribution < 1.29 is 0 Å². The van der Waals surface area contributed by atoms with E-state index in [0.29, 0.717) is 17.5 Å². The van der Waals surface area contributed by atoms with Crippen LogP contribution in [0.4, 0.5) is 11.6 Å². The van der Waals surface area contributed by atoms with E-state index >= 15 is 0 Å². The van der Waals surface area contributed by atoms with Crippen molar-refractivity contribution in [1.82, 2.24) is 24.5 Å². The number of nitrogens with zero attached hydrogens (tertiary/aromatic N) is 6. The molecule has 0 fully saturated rings. The van der Waals surface area contributed by atoms with Gasteiger partial charge in [-0.05, 0) is 43.9 Å². The molecule has 0 N–H and O–H groups in total. The smallest absolute Gasteiger partial charge is 0.220 e. The minimum absolute atomic E-state index is 0.653. The zero-order valence-electron chi connectivity index (χ0n) is 25.2. The first-order valence-electron chi connectivity index (χ1n) is 15.9. The predicted octanol–water partition coefficient (Wildman–Crippen LogP) is 9.23. The number of para-hydroxylation sites is 2. The Morgan fingerprint density at radius 2 is 1.11 bits per heavy atom. The molecule has 3 aliphatic rings. The molecular formula is C40H30N6. The Morgan fingerprint density at radius 1 is 0.522 bits per heavy atom. The van der Waals surface area contributed by atoms with Gasteiger partial charge in [0.25, 0.3) is 0 Å². The van der Waals surface area contributed by atoms with Crippen molar-refractivity contribution in [3.8, 4) is 39.6 Å². The zero-order chi connectivity index (χ0) is 30.5. The molecule has 0 radical (unpaired) electrons. The topological polar surface area (TPSA) is 59.7 Å². The summed E-state index contributed by atoms with van der Waals surface area (Å²) in [7, 11) is 0. The van der Waals surface area contributed by atoms with Crippen LogP contribution < -0.4 is 4.90 Å². The molecule has 9 rings (SSSR count). The number of aromatic nitrogens is 5. The molecule has 6 nitrogen and oxygen atoms in total. The normalized spacial score (nSPS) is 14.7. The van der Waals surface area contributed by atoms with Gasteiger partial charge in [0.15, 0.2) is 17.5 Å². The maximum absolute atomic E-state index is 5.38. The summed E-state index contributed by atoms with van der Waals surface area (Å²) in [5, 5.41) is 0. The van der Waals surface area contributed by atoms with Crippen LogP contribution in [0.5, 0.6) is 0 Å². The number of anilines is 2. The van der Waals surface area contributed by atoms with Crippen molar-refractivity contribution in [2.24, 2.45) is 0 Å².